The van der Waals surface area contributed by atoms with Gasteiger partial charge in [0, 0.05) is 53.2 Å². The smallest absolute Gasteiger partial charge is 0.169 e. The Kier molecular flexibility index (Phi) is 5.31. The second-order valence-corrected chi connectivity index (χ2v) is 3.31. The topological polar surface area (TPSA) is 48.3 Å². The summed E-state index contributed by atoms with van der Waals surface area (Å²) in [6, 6.07) is 0. The van der Waals surface area contributed by atoms with Gasteiger partial charge in [0.15, 0.2) is 6.29 Å². The van der Waals surface area contributed by atoms with Crippen molar-refractivity contribution in [1.82, 2.24) is 14.9 Å². The monoisotopic (exact) mass is 213 g/mol. The first-order valence-corrected chi connectivity index (χ1v) is 5.00. The van der Waals surface area contributed by atoms with Gasteiger partial charge in [-0.2, -0.15) is 0 Å². The van der Waals surface area contributed by atoms with Gasteiger partial charge >= 0.3 is 0 Å². The summed E-state index contributed by atoms with van der Waals surface area (Å²) in [5, 5.41) is 3.25. The molecule has 0 aliphatic rings. The van der Waals surface area contributed by atoms with E-state index in [-0.39, 0.29) is 6.29 Å². The second kappa shape index (κ2) is 6.55. The lowest BCUT2D eigenvalue weighted by Crippen LogP contribution is -2.31. The van der Waals surface area contributed by atoms with Crippen molar-refractivity contribution in [2.75, 3.05) is 27.3 Å². The molecule has 0 aliphatic carbocycles. The van der Waals surface area contributed by atoms with Crippen molar-refractivity contribution in [1.29, 1.82) is 0 Å². The van der Waals surface area contributed by atoms with Crippen LogP contribution in [0.15, 0.2) is 12.4 Å². The zero-order valence-corrected chi connectivity index (χ0v) is 9.56. The molecule has 1 rings (SSSR count). The predicted molar refractivity (Wildman–Crippen MR) is 57.6 cm³/mol. The fraction of sp³-hybridized carbons (Fsp3) is 0.700. The number of methoxy groups -OCH3 is 2. The van der Waals surface area contributed by atoms with Crippen LogP contribution in [0.25, 0.3) is 0 Å². The molecule has 86 valence electrons. The number of nitrogens with zero attached hydrogens (tertiary/aromatic N) is 2. The largest absolute Gasteiger partial charge is 0.355 e. The van der Waals surface area contributed by atoms with E-state index in [1.165, 1.54) is 0 Å². The van der Waals surface area contributed by atoms with Crippen LogP contribution in [0.3, 0.4) is 0 Å². The number of ether oxygens (including phenoxy) is 2. The van der Waals surface area contributed by atoms with Gasteiger partial charge in [-0.25, -0.2) is 4.98 Å². The average Bonchev–Trinajstić information content (AvgIpc) is 2.65. The molecular weight excluding hydrogens is 194 g/mol. The Hall–Kier alpha value is -0.910. The number of hydrogen-bond donors (Lipinski definition) is 1. The Bertz CT molecular complexity index is 271. The lowest BCUT2D eigenvalue weighted by molar-refractivity contribution is -0.0986. The van der Waals surface area contributed by atoms with Gasteiger partial charge in [-0.1, -0.05) is 0 Å². The summed E-state index contributed by atoms with van der Waals surface area (Å²) in [6.07, 6.45) is 4.49. The molecule has 0 atom stereocenters. The van der Waals surface area contributed by atoms with Crippen molar-refractivity contribution in [3.8, 4) is 0 Å². The minimum Gasteiger partial charge on any atom is -0.355 e. The lowest BCUT2D eigenvalue weighted by atomic mass is 10.4. The highest BCUT2D eigenvalue weighted by Crippen LogP contribution is 1.94. The normalized spacial score (nSPS) is 11.2. The molecule has 5 nitrogen and oxygen atoms in total. The highest BCUT2D eigenvalue weighted by molar-refractivity contribution is 4.91. The molecule has 0 spiro atoms. The number of aryl methyl sites for hydroxylation is 1. The molecule has 0 unspecified atom stereocenters. The zero-order chi connectivity index (χ0) is 11.1. The number of hydrogen-bond acceptors (Lipinski definition) is 4. The van der Waals surface area contributed by atoms with Gasteiger partial charge in [-0.3, -0.25) is 0 Å². The van der Waals surface area contributed by atoms with Gasteiger partial charge in [-0.05, 0) is 0 Å². The maximum atomic E-state index is 5.05. The molecular formula is C10H19N3O2. The molecule has 0 radical (unpaired) electrons. The third-order valence-electron chi connectivity index (χ3n) is 2.28. The molecule has 1 aromatic rings. The van der Waals surface area contributed by atoms with Crippen LogP contribution >= 0.6 is 0 Å². The Balaban J connectivity index is 2.14. The van der Waals surface area contributed by atoms with Crippen molar-refractivity contribution < 1.29 is 9.47 Å². The van der Waals surface area contributed by atoms with Crippen molar-refractivity contribution in [2.24, 2.45) is 7.05 Å². The molecule has 0 fully saturated rings. The average molecular weight is 213 g/mol. The minimum atomic E-state index is -0.175. The van der Waals surface area contributed by atoms with E-state index in [4.69, 9.17) is 9.47 Å². The first kappa shape index (κ1) is 12.2. The third kappa shape index (κ3) is 3.99. The summed E-state index contributed by atoms with van der Waals surface area (Å²) in [5.74, 6) is 1.08. The van der Waals surface area contributed by atoms with Crippen molar-refractivity contribution in [3.63, 3.8) is 0 Å². The fourth-order valence-electron chi connectivity index (χ4n) is 1.32. The van der Waals surface area contributed by atoms with Crippen LogP contribution < -0.4 is 5.32 Å². The molecule has 0 saturated heterocycles. The van der Waals surface area contributed by atoms with E-state index in [2.05, 4.69) is 10.3 Å². The number of rotatable bonds is 7. The zero-order valence-electron chi connectivity index (χ0n) is 9.56. The molecule has 0 bridgehead atoms. The molecule has 0 saturated carbocycles. The first-order valence-electron chi connectivity index (χ1n) is 5.00. The Morgan fingerprint density at radius 1 is 1.47 bits per heavy atom. The Labute approximate surface area is 90.4 Å². The van der Waals surface area contributed by atoms with Crippen LogP contribution in [-0.4, -0.2) is 43.2 Å². The van der Waals surface area contributed by atoms with E-state index < -0.39 is 0 Å². The van der Waals surface area contributed by atoms with Crippen LogP contribution in [0.1, 0.15) is 5.82 Å². The molecule has 1 aromatic heterocycles. The van der Waals surface area contributed by atoms with Crippen LogP contribution in [0.4, 0.5) is 0 Å². The number of nitrogens with one attached hydrogen (secondary N) is 1. The van der Waals surface area contributed by atoms with Gasteiger partial charge in [0.05, 0.1) is 0 Å². The molecule has 0 aliphatic heterocycles. The van der Waals surface area contributed by atoms with E-state index >= 15 is 0 Å². The molecule has 1 N–H and O–H groups in total. The second-order valence-electron chi connectivity index (χ2n) is 3.31. The van der Waals surface area contributed by atoms with Gasteiger partial charge in [0.2, 0.25) is 0 Å². The highest BCUT2D eigenvalue weighted by Gasteiger charge is 2.04. The SMILES string of the molecule is COC(CNCCc1nccn1C)OC. The van der Waals surface area contributed by atoms with Crippen LogP contribution in [0.5, 0.6) is 0 Å². The third-order valence-corrected chi connectivity index (χ3v) is 2.28. The number of aromatic nitrogens is 2. The summed E-state index contributed by atoms with van der Waals surface area (Å²) in [7, 11) is 5.26. The highest BCUT2D eigenvalue weighted by atomic mass is 16.7. The fourth-order valence-corrected chi connectivity index (χ4v) is 1.32. The van der Waals surface area contributed by atoms with Crippen LogP contribution in [0, 0.1) is 0 Å². The maximum absolute atomic E-state index is 5.05. The summed E-state index contributed by atoms with van der Waals surface area (Å²) in [4.78, 5) is 4.23. The lowest BCUT2D eigenvalue weighted by Gasteiger charge is -2.13. The van der Waals surface area contributed by atoms with E-state index in [9.17, 15) is 0 Å². The summed E-state index contributed by atoms with van der Waals surface area (Å²) >= 11 is 0. The maximum Gasteiger partial charge on any atom is 0.169 e. The Morgan fingerprint density at radius 3 is 2.73 bits per heavy atom. The van der Waals surface area contributed by atoms with Crippen molar-refractivity contribution >= 4 is 0 Å². The van der Waals surface area contributed by atoms with Crippen LogP contribution in [-0.2, 0) is 22.9 Å². The molecule has 15 heavy (non-hydrogen) atoms. The van der Waals surface area contributed by atoms with Crippen molar-refractivity contribution in [2.45, 2.75) is 12.7 Å². The molecule has 1 heterocycles. The molecule has 0 amide bonds. The minimum absolute atomic E-state index is 0.175. The first-order chi connectivity index (χ1) is 7.27. The molecule has 0 aromatic carbocycles. The van der Waals surface area contributed by atoms with Gasteiger partial charge in [0.1, 0.15) is 5.82 Å². The molecule has 5 heteroatoms. The Morgan fingerprint density at radius 2 is 2.20 bits per heavy atom. The number of imidazole rings is 1. The quantitative estimate of drug-likeness (QED) is 0.518. The predicted octanol–water partition coefficient (Wildman–Crippen LogP) is 0.171. The van der Waals surface area contributed by atoms with E-state index in [0.29, 0.717) is 6.54 Å². The van der Waals surface area contributed by atoms with Gasteiger partial charge in [-0.15, -0.1) is 0 Å². The van der Waals surface area contributed by atoms with Gasteiger partial charge in [0.25, 0.3) is 0 Å². The summed E-state index contributed by atoms with van der Waals surface area (Å²) in [6.45, 7) is 1.56. The van der Waals surface area contributed by atoms with Gasteiger partial charge < -0.3 is 19.4 Å². The van der Waals surface area contributed by atoms with E-state index in [1.807, 2.05) is 24.0 Å². The van der Waals surface area contributed by atoms with E-state index in [0.717, 1.165) is 18.8 Å². The van der Waals surface area contributed by atoms with Crippen LogP contribution in [0.2, 0.25) is 0 Å². The van der Waals surface area contributed by atoms with E-state index in [1.54, 1.807) is 14.2 Å². The standard InChI is InChI=1S/C10H19N3O2/c1-13-7-6-12-9(13)4-5-11-8-10(14-2)15-3/h6-7,10-11H,4-5,8H2,1-3H3. The van der Waals surface area contributed by atoms with Crippen molar-refractivity contribution in [3.05, 3.63) is 18.2 Å². The summed E-state index contributed by atoms with van der Waals surface area (Å²) in [5.41, 5.74) is 0. The summed E-state index contributed by atoms with van der Waals surface area (Å²) < 4.78 is 12.1.